The Bertz CT molecular complexity index is 626. The van der Waals surface area contributed by atoms with Crippen molar-refractivity contribution in [3.63, 3.8) is 0 Å². The molecule has 2 fully saturated rings. The molecule has 164 valence electrons. The quantitative estimate of drug-likeness (QED) is 0.323. The van der Waals surface area contributed by atoms with Crippen molar-refractivity contribution < 1.29 is 24.3 Å². The number of aliphatic carboxylic acids is 1. The number of nitrogens with one attached hydrogen (secondary N) is 3. The van der Waals surface area contributed by atoms with Crippen LogP contribution in [0.4, 0.5) is 0 Å². The summed E-state index contributed by atoms with van der Waals surface area (Å²) in [6.07, 6.45) is 3.31. The largest absolute Gasteiger partial charge is 0.480 e. The molecule has 10 heteroatoms. The SMILES string of the molecule is CCC(C)C(NC(=O)C1CCCN1)C(=O)NC(CS)C(=O)N1CCCC1C(=O)O. The van der Waals surface area contributed by atoms with Crippen molar-refractivity contribution in [3.05, 3.63) is 0 Å². The van der Waals surface area contributed by atoms with E-state index in [1.54, 1.807) is 0 Å². The summed E-state index contributed by atoms with van der Waals surface area (Å²) >= 11 is 4.18. The van der Waals surface area contributed by atoms with Gasteiger partial charge >= 0.3 is 5.97 Å². The fourth-order valence-corrected chi connectivity index (χ4v) is 4.05. The fourth-order valence-electron chi connectivity index (χ4n) is 3.80. The van der Waals surface area contributed by atoms with Gasteiger partial charge in [-0.1, -0.05) is 20.3 Å². The molecule has 0 radical (unpaired) electrons. The maximum absolute atomic E-state index is 12.9. The second-order valence-corrected chi connectivity index (χ2v) is 8.16. The molecule has 0 aromatic carbocycles. The van der Waals surface area contributed by atoms with Gasteiger partial charge in [0.15, 0.2) is 0 Å². The molecule has 2 saturated heterocycles. The van der Waals surface area contributed by atoms with Gasteiger partial charge in [-0.3, -0.25) is 14.4 Å². The minimum atomic E-state index is -1.05. The van der Waals surface area contributed by atoms with Crippen LogP contribution >= 0.6 is 12.6 Å². The van der Waals surface area contributed by atoms with E-state index < -0.39 is 35.9 Å². The van der Waals surface area contributed by atoms with Crippen LogP contribution in [0, 0.1) is 5.92 Å². The second-order valence-electron chi connectivity index (χ2n) is 7.79. The lowest BCUT2D eigenvalue weighted by molar-refractivity contribution is -0.149. The monoisotopic (exact) mass is 428 g/mol. The average Bonchev–Trinajstić information content (AvgIpc) is 3.40. The predicted molar refractivity (Wildman–Crippen MR) is 111 cm³/mol. The summed E-state index contributed by atoms with van der Waals surface area (Å²) in [5, 5.41) is 17.9. The minimum absolute atomic E-state index is 0.0404. The first-order valence-electron chi connectivity index (χ1n) is 10.3. The maximum atomic E-state index is 12.9. The fraction of sp³-hybridized carbons (Fsp3) is 0.789. The third kappa shape index (κ3) is 5.85. The number of hydrogen-bond donors (Lipinski definition) is 5. The minimum Gasteiger partial charge on any atom is -0.480 e. The molecule has 0 saturated carbocycles. The number of carboxylic acids is 1. The van der Waals surface area contributed by atoms with E-state index in [9.17, 15) is 24.3 Å². The standard InChI is InChI=1S/C19H32N4O5S/c1-3-11(2)15(22-16(24)12-6-4-8-20-12)17(25)21-13(10-29)18(26)23-9-5-7-14(23)19(27)28/h11-15,20,29H,3-10H2,1-2H3,(H,21,25)(H,22,24)(H,27,28). The predicted octanol–water partition coefficient (Wildman–Crippen LogP) is -0.240. The number of nitrogens with zero attached hydrogens (tertiary/aromatic N) is 1. The van der Waals surface area contributed by atoms with Crippen molar-refractivity contribution in [3.8, 4) is 0 Å². The van der Waals surface area contributed by atoms with Gasteiger partial charge < -0.3 is 26.0 Å². The number of carbonyl (C=O) groups excluding carboxylic acids is 3. The number of carboxylic acid groups (broad SMARTS) is 1. The smallest absolute Gasteiger partial charge is 0.326 e. The van der Waals surface area contributed by atoms with Gasteiger partial charge in [0, 0.05) is 12.3 Å². The summed E-state index contributed by atoms with van der Waals surface area (Å²) in [5.74, 6) is -2.27. The highest BCUT2D eigenvalue weighted by Crippen LogP contribution is 2.19. The van der Waals surface area contributed by atoms with Crippen LogP contribution in [0.2, 0.25) is 0 Å². The van der Waals surface area contributed by atoms with Gasteiger partial charge in [0.25, 0.3) is 0 Å². The van der Waals surface area contributed by atoms with E-state index in [-0.39, 0.29) is 23.6 Å². The summed E-state index contributed by atoms with van der Waals surface area (Å²) in [5.41, 5.74) is 0. The summed E-state index contributed by atoms with van der Waals surface area (Å²) in [6.45, 7) is 4.91. The zero-order valence-corrected chi connectivity index (χ0v) is 17.9. The highest BCUT2D eigenvalue weighted by atomic mass is 32.1. The van der Waals surface area contributed by atoms with E-state index >= 15 is 0 Å². The molecule has 5 atom stereocenters. The van der Waals surface area contributed by atoms with Crippen molar-refractivity contribution in [1.82, 2.24) is 20.9 Å². The third-order valence-corrected chi connectivity index (χ3v) is 6.15. The van der Waals surface area contributed by atoms with E-state index in [0.29, 0.717) is 25.8 Å². The molecule has 29 heavy (non-hydrogen) atoms. The van der Waals surface area contributed by atoms with Crippen LogP contribution in [0.25, 0.3) is 0 Å². The molecule has 5 unspecified atom stereocenters. The van der Waals surface area contributed by atoms with Crippen molar-refractivity contribution in [2.24, 2.45) is 5.92 Å². The molecule has 2 rings (SSSR count). The molecular weight excluding hydrogens is 396 g/mol. The Morgan fingerprint density at radius 1 is 1.21 bits per heavy atom. The lowest BCUT2D eigenvalue weighted by Crippen LogP contribution is -2.59. The van der Waals surface area contributed by atoms with Gasteiger partial charge in [-0.25, -0.2) is 4.79 Å². The lowest BCUT2D eigenvalue weighted by atomic mass is 9.97. The van der Waals surface area contributed by atoms with Crippen LogP contribution in [-0.4, -0.2) is 76.7 Å². The molecule has 0 aromatic rings. The zero-order valence-electron chi connectivity index (χ0n) is 17.0. The molecule has 2 heterocycles. The van der Waals surface area contributed by atoms with Gasteiger partial charge in [0.05, 0.1) is 6.04 Å². The lowest BCUT2D eigenvalue weighted by Gasteiger charge is -2.29. The molecule has 0 spiro atoms. The van der Waals surface area contributed by atoms with Gasteiger partial charge in [0.1, 0.15) is 18.1 Å². The van der Waals surface area contributed by atoms with Crippen LogP contribution in [0.15, 0.2) is 0 Å². The van der Waals surface area contributed by atoms with Gasteiger partial charge in [0.2, 0.25) is 17.7 Å². The number of amides is 3. The van der Waals surface area contributed by atoms with E-state index in [2.05, 4.69) is 28.6 Å². The molecule has 0 bridgehead atoms. The topological polar surface area (TPSA) is 128 Å². The number of carbonyl (C=O) groups is 4. The first kappa shape index (κ1) is 23.5. The first-order valence-corrected chi connectivity index (χ1v) is 10.9. The summed E-state index contributed by atoms with van der Waals surface area (Å²) in [7, 11) is 0. The van der Waals surface area contributed by atoms with E-state index in [4.69, 9.17) is 0 Å². The van der Waals surface area contributed by atoms with Crippen LogP contribution < -0.4 is 16.0 Å². The van der Waals surface area contributed by atoms with Crippen molar-refractivity contribution >= 4 is 36.3 Å². The number of thiol groups is 1. The van der Waals surface area contributed by atoms with Crippen LogP contribution in [0.3, 0.4) is 0 Å². The summed E-state index contributed by atoms with van der Waals surface area (Å²) in [6, 6.07) is -2.91. The number of rotatable bonds is 9. The molecule has 9 nitrogen and oxygen atoms in total. The molecule has 3 amide bonds. The van der Waals surface area contributed by atoms with Crippen LogP contribution in [0.5, 0.6) is 0 Å². The summed E-state index contributed by atoms with van der Waals surface area (Å²) < 4.78 is 0. The van der Waals surface area contributed by atoms with E-state index in [1.807, 2.05) is 13.8 Å². The maximum Gasteiger partial charge on any atom is 0.326 e. The highest BCUT2D eigenvalue weighted by molar-refractivity contribution is 7.80. The second kappa shape index (κ2) is 10.8. The van der Waals surface area contributed by atoms with Gasteiger partial charge in [-0.15, -0.1) is 0 Å². The Morgan fingerprint density at radius 3 is 2.48 bits per heavy atom. The molecule has 4 N–H and O–H groups in total. The van der Waals surface area contributed by atoms with Gasteiger partial charge in [-0.05, 0) is 38.1 Å². The molecule has 2 aliphatic heterocycles. The normalized spacial score (nSPS) is 24.6. The molecule has 0 aliphatic carbocycles. The Kier molecular flexibility index (Phi) is 8.76. The Hall–Kier alpha value is -1.81. The Balaban J connectivity index is 2.05. The summed E-state index contributed by atoms with van der Waals surface area (Å²) in [4.78, 5) is 50.9. The van der Waals surface area contributed by atoms with E-state index in [0.717, 1.165) is 19.4 Å². The molecule has 2 aliphatic rings. The molecule has 0 aromatic heterocycles. The van der Waals surface area contributed by atoms with Gasteiger partial charge in [-0.2, -0.15) is 12.6 Å². The first-order chi connectivity index (χ1) is 13.8. The molecular formula is C19H32N4O5S. The number of likely N-dealkylation sites (tertiary alicyclic amines) is 1. The van der Waals surface area contributed by atoms with Crippen molar-refractivity contribution in [2.45, 2.75) is 70.1 Å². The van der Waals surface area contributed by atoms with Crippen LogP contribution in [-0.2, 0) is 19.2 Å². The zero-order chi connectivity index (χ0) is 21.6. The third-order valence-electron chi connectivity index (χ3n) is 5.79. The Labute approximate surface area is 176 Å². The van der Waals surface area contributed by atoms with Crippen molar-refractivity contribution in [2.75, 3.05) is 18.8 Å². The highest BCUT2D eigenvalue weighted by Gasteiger charge is 2.38. The number of hydrogen-bond acceptors (Lipinski definition) is 6. The average molecular weight is 429 g/mol. The van der Waals surface area contributed by atoms with Crippen LogP contribution in [0.1, 0.15) is 46.0 Å². The van der Waals surface area contributed by atoms with Crippen molar-refractivity contribution in [1.29, 1.82) is 0 Å². The van der Waals surface area contributed by atoms with E-state index in [1.165, 1.54) is 4.90 Å². The Morgan fingerprint density at radius 2 is 1.93 bits per heavy atom.